The second-order valence-corrected chi connectivity index (χ2v) is 6.82. The second kappa shape index (κ2) is 13.9. The van der Waals surface area contributed by atoms with Crippen molar-refractivity contribution in [3.63, 3.8) is 0 Å². The van der Waals surface area contributed by atoms with Crippen LogP contribution in [0.25, 0.3) is 0 Å². The van der Waals surface area contributed by atoms with Crippen molar-refractivity contribution < 1.29 is 27.4 Å². The van der Waals surface area contributed by atoms with Gasteiger partial charge in [-0.25, -0.2) is 0 Å². The zero-order chi connectivity index (χ0) is 21.1. The maximum Gasteiger partial charge on any atom is 0.422 e. The second-order valence-electron chi connectivity index (χ2n) is 6.82. The number of methoxy groups -OCH3 is 1. The number of aliphatic imine (C=N–C) groups is 1. The number of halogens is 4. The van der Waals surface area contributed by atoms with Gasteiger partial charge in [-0.05, 0) is 25.3 Å². The summed E-state index contributed by atoms with van der Waals surface area (Å²) in [5, 5.41) is 3.23. The van der Waals surface area contributed by atoms with E-state index in [1.807, 2.05) is 0 Å². The molecule has 1 aromatic rings. The van der Waals surface area contributed by atoms with Crippen LogP contribution in [0, 0.1) is 0 Å². The molecule has 0 aromatic heterocycles. The minimum atomic E-state index is -4.37. The number of hydrogen-bond acceptors (Lipinski definition) is 4. The van der Waals surface area contributed by atoms with E-state index in [2.05, 4.69) is 15.2 Å². The number of piperidine rings is 1. The van der Waals surface area contributed by atoms with Crippen molar-refractivity contribution in [2.45, 2.75) is 38.1 Å². The zero-order valence-electron chi connectivity index (χ0n) is 17.4. The van der Waals surface area contributed by atoms with Crippen molar-refractivity contribution in [3.05, 3.63) is 29.8 Å². The highest BCUT2D eigenvalue weighted by Gasteiger charge is 2.29. The number of alkyl halides is 3. The number of likely N-dealkylation sites (tertiary alicyclic amines) is 1. The summed E-state index contributed by atoms with van der Waals surface area (Å²) in [6, 6.07) is 6.71. The van der Waals surface area contributed by atoms with E-state index in [1.54, 1.807) is 32.4 Å². The van der Waals surface area contributed by atoms with Crippen LogP contribution in [0.15, 0.2) is 29.3 Å². The molecule has 1 saturated heterocycles. The van der Waals surface area contributed by atoms with E-state index in [9.17, 15) is 13.2 Å². The summed E-state index contributed by atoms with van der Waals surface area (Å²) in [6.45, 7) is 2.02. The van der Waals surface area contributed by atoms with E-state index in [0.717, 1.165) is 32.4 Å². The SMILES string of the molecule is CN=C(NCc1ccccc1OCC(F)(F)F)N1CCC(OCCCOC)CC1.I. The van der Waals surface area contributed by atoms with Crippen molar-refractivity contribution in [3.8, 4) is 5.75 Å². The quantitative estimate of drug-likeness (QED) is 0.221. The first-order valence-corrected chi connectivity index (χ1v) is 9.76. The van der Waals surface area contributed by atoms with E-state index >= 15 is 0 Å². The fourth-order valence-corrected chi connectivity index (χ4v) is 3.14. The number of benzene rings is 1. The Labute approximate surface area is 193 Å². The van der Waals surface area contributed by atoms with Crippen molar-refractivity contribution in [2.24, 2.45) is 4.99 Å². The summed E-state index contributed by atoms with van der Waals surface area (Å²) >= 11 is 0. The molecule has 1 fully saturated rings. The Morgan fingerprint density at radius 1 is 1.20 bits per heavy atom. The lowest BCUT2D eigenvalue weighted by Crippen LogP contribution is -2.46. The number of rotatable bonds is 9. The molecule has 1 heterocycles. The van der Waals surface area contributed by atoms with Crippen LogP contribution in [-0.4, -0.2) is 70.2 Å². The van der Waals surface area contributed by atoms with Crippen LogP contribution in [0.5, 0.6) is 5.75 Å². The van der Waals surface area contributed by atoms with Crippen molar-refractivity contribution >= 4 is 29.9 Å². The summed E-state index contributed by atoms with van der Waals surface area (Å²) in [5.41, 5.74) is 0.647. The van der Waals surface area contributed by atoms with Crippen molar-refractivity contribution in [2.75, 3.05) is 47.1 Å². The zero-order valence-corrected chi connectivity index (χ0v) is 19.7. The average Bonchev–Trinajstić information content (AvgIpc) is 2.71. The molecule has 10 heteroatoms. The first-order chi connectivity index (χ1) is 13.9. The third-order valence-corrected chi connectivity index (χ3v) is 4.60. The molecule has 30 heavy (non-hydrogen) atoms. The Morgan fingerprint density at radius 2 is 1.90 bits per heavy atom. The number of hydrogen-bond donors (Lipinski definition) is 1. The van der Waals surface area contributed by atoms with Gasteiger partial charge in [0, 0.05) is 52.6 Å². The molecule has 0 aliphatic carbocycles. The number of para-hydroxylation sites is 1. The van der Waals surface area contributed by atoms with E-state index in [4.69, 9.17) is 14.2 Å². The summed E-state index contributed by atoms with van der Waals surface area (Å²) in [5.74, 6) is 0.935. The van der Waals surface area contributed by atoms with Gasteiger partial charge in [-0.3, -0.25) is 4.99 Å². The minimum Gasteiger partial charge on any atom is -0.484 e. The third-order valence-electron chi connectivity index (χ3n) is 4.60. The van der Waals surface area contributed by atoms with Crippen LogP contribution in [0.2, 0.25) is 0 Å². The predicted octanol–water partition coefficient (Wildman–Crippen LogP) is 3.84. The monoisotopic (exact) mass is 545 g/mol. The Hall–Kier alpha value is -1.27. The molecule has 1 aromatic carbocycles. The third kappa shape index (κ3) is 9.69. The molecule has 0 saturated carbocycles. The molecule has 1 aliphatic heterocycles. The molecule has 6 nitrogen and oxygen atoms in total. The Kier molecular flexibility index (Phi) is 12.4. The highest BCUT2D eigenvalue weighted by molar-refractivity contribution is 14.0. The molecular formula is C20H31F3IN3O3. The molecule has 0 radical (unpaired) electrons. The molecule has 172 valence electrons. The van der Waals surface area contributed by atoms with Crippen LogP contribution in [0.1, 0.15) is 24.8 Å². The van der Waals surface area contributed by atoms with Crippen LogP contribution in [-0.2, 0) is 16.0 Å². The molecule has 0 unspecified atom stereocenters. The molecule has 2 rings (SSSR count). The highest BCUT2D eigenvalue weighted by atomic mass is 127. The lowest BCUT2D eigenvalue weighted by Gasteiger charge is -2.34. The van der Waals surface area contributed by atoms with Gasteiger partial charge in [-0.2, -0.15) is 13.2 Å². The maximum atomic E-state index is 12.4. The van der Waals surface area contributed by atoms with E-state index < -0.39 is 12.8 Å². The summed E-state index contributed by atoms with van der Waals surface area (Å²) < 4.78 is 53.2. The largest absolute Gasteiger partial charge is 0.484 e. The topological polar surface area (TPSA) is 55.3 Å². The molecule has 0 bridgehead atoms. The van der Waals surface area contributed by atoms with E-state index in [0.29, 0.717) is 31.3 Å². The Bertz CT molecular complexity index is 639. The molecular weight excluding hydrogens is 514 g/mol. The normalized spacial score (nSPS) is 15.6. The fourth-order valence-electron chi connectivity index (χ4n) is 3.14. The molecule has 1 aliphatic rings. The summed E-state index contributed by atoms with van der Waals surface area (Å²) in [4.78, 5) is 6.44. The Balaban J connectivity index is 0.00000450. The first kappa shape index (κ1) is 26.8. The standard InChI is InChI=1S/C20H30F3N3O3.HI/c1-24-19(26-10-8-17(9-11-26)28-13-5-12-27-2)25-14-16-6-3-4-7-18(16)29-15-20(21,22)23;/h3-4,6-7,17H,5,8-15H2,1-2H3,(H,24,25);1H. The van der Waals surface area contributed by atoms with Gasteiger partial charge in [0.25, 0.3) is 0 Å². The fraction of sp³-hybridized carbons (Fsp3) is 0.650. The van der Waals surface area contributed by atoms with Crippen LogP contribution in [0.4, 0.5) is 13.2 Å². The number of nitrogens with one attached hydrogen (secondary N) is 1. The predicted molar refractivity (Wildman–Crippen MR) is 121 cm³/mol. The summed E-state index contributed by atoms with van der Waals surface area (Å²) in [6.07, 6.45) is -1.45. The first-order valence-electron chi connectivity index (χ1n) is 9.76. The van der Waals surface area contributed by atoms with E-state index in [-0.39, 0.29) is 35.8 Å². The lowest BCUT2D eigenvalue weighted by atomic mass is 10.1. The number of guanidine groups is 1. The van der Waals surface area contributed by atoms with Crippen LogP contribution >= 0.6 is 24.0 Å². The molecule has 0 amide bonds. The minimum absolute atomic E-state index is 0. The van der Waals surface area contributed by atoms with Crippen LogP contribution in [0.3, 0.4) is 0 Å². The lowest BCUT2D eigenvalue weighted by molar-refractivity contribution is -0.153. The molecule has 0 spiro atoms. The maximum absolute atomic E-state index is 12.4. The smallest absolute Gasteiger partial charge is 0.422 e. The van der Waals surface area contributed by atoms with Gasteiger partial charge in [0.15, 0.2) is 12.6 Å². The van der Waals surface area contributed by atoms with Crippen molar-refractivity contribution in [1.29, 1.82) is 0 Å². The van der Waals surface area contributed by atoms with Gasteiger partial charge in [0.05, 0.1) is 6.10 Å². The van der Waals surface area contributed by atoms with Gasteiger partial charge in [0.2, 0.25) is 0 Å². The molecule has 0 atom stereocenters. The summed E-state index contributed by atoms with van der Waals surface area (Å²) in [7, 11) is 3.37. The van der Waals surface area contributed by atoms with Gasteiger partial charge < -0.3 is 24.4 Å². The number of ether oxygens (including phenoxy) is 3. The van der Waals surface area contributed by atoms with E-state index in [1.165, 1.54) is 6.07 Å². The molecule has 1 N–H and O–H groups in total. The van der Waals surface area contributed by atoms with Gasteiger partial charge in [0.1, 0.15) is 5.75 Å². The average molecular weight is 545 g/mol. The van der Waals surface area contributed by atoms with Crippen LogP contribution < -0.4 is 10.1 Å². The van der Waals surface area contributed by atoms with Crippen molar-refractivity contribution in [1.82, 2.24) is 10.2 Å². The Morgan fingerprint density at radius 3 is 2.53 bits per heavy atom. The van der Waals surface area contributed by atoms with Gasteiger partial charge in [-0.1, -0.05) is 18.2 Å². The highest BCUT2D eigenvalue weighted by Crippen LogP contribution is 2.22. The van der Waals surface area contributed by atoms with Gasteiger partial charge >= 0.3 is 6.18 Å². The number of nitrogens with zero attached hydrogens (tertiary/aromatic N) is 2. The van der Waals surface area contributed by atoms with Gasteiger partial charge in [-0.15, -0.1) is 24.0 Å².